The molecule has 0 saturated carbocycles. The van der Waals surface area contributed by atoms with Crippen molar-refractivity contribution in [2.75, 3.05) is 5.88 Å². The first-order valence-electron chi connectivity index (χ1n) is 2.92. The number of thioether (sulfide) groups is 1. The van der Waals surface area contributed by atoms with Gasteiger partial charge in [-0.1, -0.05) is 11.8 Å². The van der Waals surface area contributed by atoms with E-state index in [1.54, 1.807) is 18.0 Å². The van der Waals surface area contributed by atoms with Crippen molar-refractivity contribution in [1.29, 1.82) is 0 Å². The predicted molar refractivity (Wildman–Crippen MR) is 45.0 cm³/mol. The van der Waals surface area contributed by atoms with Crippen LogP contribution < -0.4 is 0 Å². The van der Waals surface area contributed by atoms with Gasteiger partial charge in [-0.15, -0.1) is 5.10 Å². The smallest absolute Gasteiger partial charge is 0.146 e. The Morgan fingerprint density at radius 2 is 2.50 bits per heavy atom. The fourth-order valence-corrected chi connectivity index (χ4v) is 1.48. The van der Waals surface area contributed by atoms with E-state index in [2.05, 4.69) is 15.2 Å². The van der Waals surface area contributed by atoms with Crippen LogP contribution in [0.5, 0.6) is 0 Å². The molecule has 0 spiro atoms. The maximum absolute atomic E-state index is 4.20. The number of hydrogen-bond donors (Lipinski definition) is 0. The van der Waals surface area contributed by atoms with E-state index in [9.17, 15) is 0 Å². The molecule has 0 bridgehead atoms. The Balaban J connectivity index is 2.42. The average Bonchev–Trinajstić information content (AvgIpc) is 2.28. The highest BCUT2D eigenvalue weighted by molar-refractivity contribution is 8.16. The maximum atomic E-state index is 4.20. The summed E-state index contributed by atoms with van der Waals surface area (Å²) >= 11 is 1.62. The van der Waals surface area contributed by atoms with E-state index in [-0.39, 0.29) is 0 Å². The normalized spacial score (nSPS) is 21.6. The van der Waals surface area contributed by atoms with Crippen molar-refractivity contribution in [3.8, 4) is 0 Å². The van der Waals surface area contributed by atoms with Gasteiger partial charge in [0, 0.05) is 6.21 Å². The van der Waals surface area contributed by atoms with Crippen molar-refractivity contribution in [1.82, 2.24) is 0 Å². The Labute approximate surface area is 62.6 Å². The monoisotopic (exact) mass is 151 g/mol. The minimum Gasteiger partial charge on any atom is -0.271 e. The lowest BCUT2D eigenvalue weighted by Gasteiger charge is -1.87. The summed E-state index contributed by atoms with van der Waals surface area (Å²) in [4.78, 5) is 4.20. The molecule has 0 radical (unpaired) electrons. The van der Waals surface area contributed by atoms with Crippen LogP contribution >= 0.6 is 11.8 Å². The molecule has 0 atom stereocenters. The van der Waals surface area contributed by atoms with Crippen LogP contribution in [0.4, 0.5) is 0 Å². The molecule has 2 rings (SSSR count). The first kappa shape index (κ1) is 5.85. The molecule has 4 heteroatoms. The number of fused-ring (bicyclic) bond motifs is 1. The maximum Gasteiger partial charge on any atom is 0.146 e. The van der Waals surface area contributed by atoms with Gasteiger partial charge in [0.15, 0.2) is 0 Å². The number of aliphatic imine (C=N–C) groups is 1. The van der Waals surface area contributed by atoms with Gasteiger partial charge in [0.05, 0.1) is 11.6 Å². The van der Waals surface area contributed by atoms with E-state index in [0.29, 0.717) is 0 Å². The molecule has 0 aromatic heterocycles. The van der Waals surface area contributed by atoms with E-state index < -0.39 is 0 Å². The van der Waals surface area contributed by atoms with Crippen LogP contribution in [-0.4, -0.2) is 22.8 Å². The molecule has 2 aliphatic heterocycles. The molecule has 3 nitrogen and oxygen atoms in total. The van der Waals surface area contributed by atoms with Crippen LogP contribution in [0.1, 0.15) is 0 Å². The SMILES string of the molecule is C1=CC2=NCSC2=NN=C1. The zero-order chi connectivity index (χ0) is 6.81. The Hall–Kier alpha value is -0.900. The quantitative estimate of drug-likeness (QED) is 0.510. The third-order valence-corrected chi connectivity index (χ3v) is 2.03. The highest BCUT2D eigenvalue weighted by Gasteiger charge is 2.13. The third kappa shape index (κ3) is 0.903. The topological polar surface area (TPSA) is 37.1 Å². The van der Waals surface area contributed by atoms with Crippen molar-refractivity contribution in [3.05, 3.63) is 12.2 Å². The summed E-state index contributed by atoms with van der Waals surface area (Å²) in [5.74, 6) is 0.786. The van der Waals surface area contributed by atoms with Gasteiger partial charge in [0.25, 0.3) is 0 Å². The van der Waals surface area contributed by atoms with Gasteiger partial charge >= 0.3 is 0 Å². The van der Waals surface area contributed by atoms with Crippen molar-refractivity contribution in [2.24, 2.45) is 15.2 Å². The number of nitrogens with zero attached hydrogens (tertiary/aromatic N) is 3. The van der Waals surface area contributed by atoms with E-state index in [1.807, 2.05) is 12.2 Å². The molecular formula is C6H5N3S. The fourth-order valence-electron chi connectivity index (χ4n) is 0.767. The lowest BCUT2D eigenvalue weighted by Crippen LogP contribution is -1.99. The van der Waals surface area contributed by atoms with Crippen molar-refractivity contribution >= 4 is 28.7 Å². The van der Waals surface area contributed by atoms with Gasteiger partial charge in [-0.2, -0.15) is 5.10 Å². The van der Waals surface area contributed by atoms with Crippen molar-refractivity contribution < 1.29 is 0 Å². The molecule has 10 heavy (non-hydrogen) atoms. The number of hydrogen-bond acceptors (Lipinski definition) is 4. The van der Waals surface area contributed by atoms with Gasteiger partial charge in [-0.3, -0.25) is 4.99 Å². The molecule has 50 valence electrons. The molecule has 2 heterocycles. The standard InChI is InChI=1S/C6H5N3S/c1-2-5-6(9-8-3-1)10-4-7-5/h1-3H,4H2. The summed E-state index contributed by atoms with van der Waals surface area (Å²) in [6.45, 7) is 0. The average molecular weight is 151 g/mol. The van der Waals surface area contributed by atoms with Crippen molar-refractivity contribution in [2.45, 2.75) is 0 Å². The minimum atomic E-state index is 0.786. The summed E-state index contributed by atoms with van der Waals surface area (Å²) in [6.07, 6.45) is 5.44. The summed E-state index contributed by atoms with van der Waals surface area (Å²) in [5.41, 5.74) is 0.961. The van der Waals surface area contributed by atoms with Crippen LogP contribution in [0, 0.1) is 0 Å². The first-order chi connectivity index (χ1) is 4.97. The molecule has 0 fully saturated rings. The Morgan fingerprint density at radius 3 is 3.50 bits per heavy atom. The fraction of sp³-hybridized carbons (Fsp3) is 0.167. The second kappa shape index (κ2) is 2.38. The Bertz CT molecular complexity index is 262. The molecule has 0 saturated heterocycles. The zero-order valence-electron chi connectivity index (χ0n) is 5.19. The molecule has 0 aromatic rings. The molecule has 0 N–H and O–H groups in total. The Morgan fingerprint density at radius 1 is 1.50 bits per heavy atom. The van der Waals surface area contributed by atoms with Gasteiger partial charge in [0.2, 0.25) is 0 Å². The van der Waals surface area contributed by atoms with Crippen molar-refractivity contribution in [3.63, 3.8) is 0 Å². The lowest BCUT2D eigenvalue weighted by molar-refractivity contribution is 1.28. The number of allylic oxidation sites excluding steroid dienone is 2. The molecule has 0 aromatic carbocycles. The highest BCUT2D eigenvalue weighted by atomic mass is 32.2. The van der Waals surface area contributed by atoms with Crippen LogP contribution in [0.25, 0.3) is 0 Å². The molecule has 2 aliphatic rings. The lowest BCUT2D eigenvalue weighted by atomic mass is 10.3. The molecule has 0 unspecified atom stereocenters. The molecule has 0 aliphatic carbocycles. The summed E-state index contributed by atoms with van der Waals surface area (Å²) in [7, 11) is 0. The zero-order valence-corrected chi connectivity index (χ0v) is 6.01. The summed E-state index contributed by atoms with van der Waals surface area (Å²) < 4.78 is 0. The van der Waals surface area contributed by atoms with Crippen LogP contribution in [-0.2, 0) is 0 Å². The minimum absolute atomic E-state index is 0.786. The largest absolute Gasteiger partial charge is 0.271 e. The van der Waals surface area contributed by atoms with Gasteiger partial charge < -0.3 is 0 Å². The van der Waals surface area contributed by atoms with E-state index in [0.717, 1.165) is 16.6 Å². The third-order valence-electron chi connectivity index (χ3n) is 1.21. The summed E-state index contributed by atoms with van der Waals surface area (Å²) in [6, 6.07) is 0. The van der Waals surface area contributed by atoms with Crippen LogP contribution in [0.3, 0.4) is 0 Å². The summed E-state index contributed by atoms with van der Waals surface area (Å²) in [5, 5.41) is 8.66. The van der Waals surface area contributed by atoms with Gasteiger partial charge in [-0.05, 0) is 12.2 Å². The second-order valence-electron chi connectivity index (χ2n) is 1.85. The van der Waals surface area contributed by atoms with E-state index in [4.69, 9.17) is 0 Å². The first-order valence-corrected chi connectivity index (χ1v) is 3.91. The van der Waals surface area contributed by atoms with Gasteiger partial charge in [0.1, 0.15) is 5.04 Å². The molecule has 0 amide bonds. The molecular weight excluding hydrogens is 146 g/mol. The second-order valence-corrected chi connectivity index (χ2v) is 2.78. The highest BCUT2D eigenvalue weighted by Crippen LogP contribution is 2.16. The van der Waals surface area contributed by atoms with E-state index >= 15 is 0 Å². The van der Waals surface area contributed by atoms with E-state index in [1.165, 1.54) is 0 Å². The van der Waals surface area contributed by atoms with Crippen LogP contribution in [0.2, 0.25) is 0 Å². The number of rotatable bonds is 0. The predicted octanol–water partition coefficient (Wildman–Crippen LogP) is 1.09. The van der Waals surface area contributed by atoms with Gasteiger partial charge in [-0.25, -0.2) is 0 Å². The van der Waals surface area contributed by atoms with Crippen LogP contribution in [0.15, 0.2) is 27.3 Å². The Kier molecular flexibility index (Phi) is 1.39.